The van der Waals surface area contributed by atoms with Crippen LogP contribution in [0.1, 0.15) is 18.7 Å². The van der Waals surface area contributed by atoms with Gasteiger partial charge in [-0.05, 0) is 63.6 Å². The molecule has 0 aliphatic heterocycles. The maximum atomic E-state index is 6.06. The van der Waals surface area contributed by atoms with Crippen molar-refractivity contribution in [2.24, 2.45) is 0 Å². The van der Waals surface area contributed by atoms with Crippen LogP contribution in [0.2, 0.25) is 10.0 Å². The maximum absolute atomic E-state index is 6.06. The van der Waals surface area contributed by atoms with Crippen LogP contribution in [0.5, 0.6) is 0 Å². The average molecular weight is 386 g/mol. The van der Waals surface area contributed by atoms with Crippen LogP contribution in [0.3, 0.4) is 0 Å². The van der Waals surface area contributed by atoms with Crippen molar-refractivity contribution in [3.05, 3.63) is 52.4 Å². The fourth-order valence-corrected chi connectivity index (χ4v) is 3.18. The summed E-state index contributed by atoms with van der Waals surface area (Å²) in [6.07, 6.45) is 1.67. The Labute approximate surface area is 158 Å². The molecule has 4 nitrogen and oxygen atoms in total. The molecule has 0 bridgehead atoms. The predicted molar refractivity (Wildman–Crippen MR) is 105 cm³/mol. The van der Waals surface area contributed by atoms with Crippen molar-refractivity contribution in [1.29, 1.82) is 0 Å². The first-order valence-electron chi connectivity index (χ1n) is 7.58. The summed E-state index contributed by atoms with van der Waals surface area (Å²) in [6, 6.07) is 9.11. The van der Waals surface area contributed by atoms with Gasteiger partial charge in [-0.1, -0.05) is 23.2 Å². The van der Waals surface area contributed by atoms with Crippen LogP contribution in [0.4, 0.5) is 5.69 Å². The smallest absolute Gasteiger partial charge is 0.174 e. The zero-order valence-corrected chi connectivity index (χ0v) is 16.3. The lowest BCUT2D eigenvalue weighted by atomic mass is 10.2. The molecule has 130 valence electrons. The Hall–Kier alpha value is -1.27. The molecule has 0 fully saturated rings. The van der Waals surface area contributed by atoms with E-state index >= 15 is 0 Å². The van der Waals surface area contributed by atoms with E-state index in [1.165, 1.54) is 0 Å². The van der Waals surface area contributed by atoms with Crippen molar-refractivity contribution in [2.45, 2.75) is 13.0 Å². The largest absolute Gasteiger partial charge is 0.467 e. The summed E-state index contributed by atoms with van der Waals surface area (Å²) >= 11 is 17.7. The van der Waals surface area contributed by atoms with Gasteiger partial charge in [-0.25, -0.2) is 0 Å². The third-order valence-electron chi connectivity index (χ3n) is 3.59. The molecule has 0 amide bonds. The summed E-state index contributed by atoms with van der Waals surface area (Å²) in [5, 5.41) is 4.94. The normalized spacial score (nSPS) is 12.2. The van der Waals surface area contributed by atoms with Gasteiger partial charge in [-0.2, -0.15) is 0 Å². The second kappa shape index (κ2) is 8.72. The van der Waals surface area contributed by atoms with Crippen molar-refractivity contribution in [3.63, 3.8) is 0 Å². The Balaban J connectivity index is 2.16. The SMILES string of the molecule is C[C@H](c1ccco1)N(CCN(C)C)C(=S)Nc1cc(Cl)cc(Cl)c1. The van der Waals surface area contributed by atoms with Gasteiger partial charge in [0.05, 0.1) is 12.3 Å². The molecule has 0 saturated heterocycles. The summed E-state index contributed by atoms with van der Waals surface area (Å²) in [5.74, 6) is 0.863. The number of nitrogens with one attached hydrogen (secondary N) is 1. The van der Waals surface area contributed by atoms with Crippen molar-refractivity contribution in [2.75, 3.05) is 32.5 Å². The van der Waals surface area contributed by atoms with Gasteiger partial charge in [0.2, 0.25) is 0 Å². The van der Waals surface area contributed by atoms with Gasteiger partial charge in [-0.15, -0.1) is 0 Å². The Morgan fingerprint density at radius 1 is 1.21 bits per heavy atom. The number of hydrogen-bond donors (Lipinski definition) is 1. The zero-order valence-electron chi connectivity index (χ0n) is 13.9. The average Bonchev–Trinajstić information content (AvgIpc) is 2.99. The standard InChI is InChI=1S/C17H21Cl2N3OS/c1-12(16-5-4-8-23-16)22(7-6-21(2)3)17(24)20-15-10-13(18)9-14(19)11-15/h4-5,8-12H,6-7H2,1-3H3,(H,20,24)/t12-/m1/s1. The molecule has 0 radical (unpaired) electrons. The summed E-state index contributed by atoms with van der Waals surface area (Å²) in [5.41, 5.74) is 0.763. The Bertz CT molecular complexity index is 656. The van der Waals surface area contributed by atoms with Crippen LogP contribution in [0.15, 0.2) is 41.0 Å². The molecule has 2 aromatic rings. The number of benzene rings is 1. The molecule has 0 aliphatic rings. The molecule has 2 rings (SSSR count). The molecule has 1 heterocycles. The highest BCUT2D eigenvalue weighted by molar-refractivity contribution is 7.80. The molecule has 1 atom stereocenters. The van der Waals surface area contributed by atoms with E-state index < -0.39 is 0 Å². The molecule has 24 heavy (non-hydrogen) atoms. The number of halogens is 2. The van der Waals surface area contributed by atoms with Crippen LogP contribution in [0.25, 0.3) is 0 Å². The molecule has 1 aromatic heterocycles. The van der Waals surface area contributed by atoms with Crippen LogP contribution in [-0.4, -0.2) is 42.1 Å². The minimum atomic E-state index is 0.00889. The van der Waals surface area contributed by atoms with E-state index in [-0.39, 0.29) is 6.04 Å². The number of hydrogen-bond acceptors (Lipinski definition) is 3. The van der Waals surface area contributed by atoms with Crippen molar-refractivity contribution >= 4 is 46.2 Å². The van der Waals surface area contributed by atoms with Gasteiger partial charge in [-0.3, -0.25) is 0 Å². The van der Waals surface area contributed by atoms with Crippen molar-refractivity contribution in [3.8, 4) is 0 Å². The van der Waals surface area contributed by atoms with Gasteiger partial charge < -0.3 is 19.5 Å². The molecule has 0 spiro atoms. The number of rotatable bonds is 6. The van der Waals surface area contributed by atoms with Crippen LogP contribution >= 0.6 is 35.4 Å². The van der Waals surface area contributed by atoms with E-state index in [0.717, 1.165) is 24.5 Å². The molecule has 0 aliphatic carbocycles. The fourth-order valence-electron chi connectivity index (χ4n) is 2.28. The summed E-state index contributed by atoms with van der Waals surface area (Å²) in [6.45, 7) is 3.69. The molecule has 1 aromatic carbocycles. The van der Waals surface area contributed by atoms with Crippen LogP contribution in [0, 0.1) is 0 Å². The maximum Gasteiger partial charge on any atom is 0.174 e. The van der Waals surface area contributed by atoms with E-state index in [9.17, 15) is 0 Å². The fraction of sp³-hybridized carbons (Fsp3) is 0.353. The first-order valence-corrected chi connectivity index (χ1v) is 8.75. The molecule has 0 unspecified atom stereocenters. The van der Waals surface area contributed by atoms with Crippen LogP contribution in [-0.2, 0) is 0 Å². The number of anilines is 1. The minimum absolute atomic E-state index is 0.00889. The Morgan fingerprint density at radius 2 is 1.88 bits per heavy atom. The summed E-state index contributed by atoms with van der Waals surface area (Å²) < 4.78 is 5.54. The van der Waals surface area contributed by atoms with E-state index in [1.54, 1.807) is 24.5 Å². The van der Waals surface area contributed by atoms with E-state index in [4.69, 9.17) is 39.8 Å². The van der Waals surface area contributed by atoms with E-state index in [0.29, 0.717) is 15.2 Å². The summed E-state index contributed by atoms with van der Waals surface area (Å²) in [4.78, 5) is 4.20. The molecule has 7 heteroatoms. The number of nitrogens with zero attached hydrogens (tertiary/aromatic N) is 2. The molecular formula is C17H21Cl2N3OS. The highest BCUT2D eigenvalue weighted by atomic mass is 35.5. The Kier molecular flexibility index (Phi) is 6.92. The quantitative estimate of drug-likeness (QED) is 0.714. The second-order valence-electron chi connectivity index (χ2n) is 5.78. The first kappa shape index (κ1) is 19.1. The molecule has 0 saturated carbocycles. The monoisotopic (exact) mass is 385 g/mol. The lowest BCUT2D eigenvalue weighted by Gasteiger charge is -2.31. The number of thiocarbonyl (C=S) groups is 1. The highest BCUT2D eigenvalue weighted by Gasteiger charge is 2.21. The third kappa shape index (κ3) is 5.38. The zero-order chi connectivity index (χ0) is 17.7. The highest BCUT2D eigenvalue weighted by Crippen LogP contribution is 2.25. The van der Waals surface area contributed by atoms with E-state index in [1.807, 2.05) is 26.2 Å². The van der Waals surface area contributed by atoms with Crippen molar-refractivity contribution in [1.82, 2.24) is 9.80 Å². The van der Waals surface area contributed by atoms with Gasteiger partial charge in [0.25, 0.3) is 0 Å². The van der Waals surface area contributed by atoms with Crippen molar-refractivity contribution < 1.29 is 4.42 Å². The summed E-state index contributed by atoms with van der Waals surface area (Å²) in [7, 11) is 4.06. The van der Waals surface area contributed by atoms with Crippen LogP contribution < -0.4 is 5.32 Å². The van der Waals surface area contributed by atoms with Gasteiger partial charge >= 0.3 is 0 Å². The lowest BCUT2D eigenvalue weighted by Crippen LogP contribution is -2.40. The third-order valence-corrected chi connectivity index (χ3v) is 4.36. The van der Waals surface area contributed by atoms with Gasteiger partial charge in [0, 0.05) is 28.8 Å². The Morgan fingerprint density at radius 3 is 2.42 bits per heavy atom. The van der Waals surface area contributed by atoms with E-state index in [2.05, 4.69) is 22.0 Å². The number of furan rings is 1. The topological polar surface area (TPSA) is 31.7 Å². The molecular weight excluding hydrogens is 365 g/mol. The van der Waals surface area contributed by atoms with Gasteiger partial charge in [0.1, 0.15) is 5.76 Å². The first-order chi connectivity index (χ1) is 11.4. The minimum Gasteiger partial charge on any atom is -0.467 e. The predicted octanol–water partition coefficient (Wildman–Crippen LogP) is 4.91. The lowest BCUT2D eigenvalue weighted by molar-refractivity contribution is 0.263. The molecule has 1 N–H and O–H groups in total. The number of likely N-dealkylation sites (N-methyl/N-ethyl adjacent to an activating group) is 1. The van der Waals surface area contributed by atoms with Gasteiger partial charge in [0.15, 0.2) is 5.11 Å². The second-order valence-corrected chi connectivity index (χ2v) is 7.04.